The number of hydrogen-bond donors (Lipinski definition) is 1. The molecule has 0 aliphatic carbocycles. The van der Waals surface area contributed by atoms with Gasteiger partial charge in [-0.2, -0.15) is 0 Å². The molecule has 14 heavy (non-hydrogen) atoms. The van der Waals surface area contributed by atoms with Crippen LogP contribution in [-0.4, -0.2) is 17.6 Å². The van der Waals surface area contributed by atoms with Gasteiger partial charge in [-0.3, -0.25) is 4.79 Å². The highest BCUT2D eigenvalue weighted by atomic mass is 79.9. The van der Waals surface area contributed by atoms with Gasteiger partial charge >= 0.3 is 5.97 Å². The lowest BCUT2D eigenvalue weighted by atomic mass is 10.2. The number of aromatic nitrogens is 1. The van der Waals surface area contributed by atoms with Gasteiger partial charge in [0.25, 0.3) is 0 Å². The van der Waals surface area contributed by atoms with Gasteiger partial charge in [0.1, 0.15) is 5.82 Å². The number of carbonyl (C=O) groups excluding carboxylic acids is 1. The highest BCUT2D eigenvalue weighted by Gasteiger charge is 2.05. The molecule has 0 aliphatic rings. The molecule has 0 spiro atoms. The number of ether oxygens (including phenoxy) is 1. The molecule has 1 aromatic rings. The normalized spacial score (nSPS) is 9.86. The Labute approximate surface area is 90.6 Å². The number of carbonyl (C=O) groups is 1. The zero-order chi connectivity index (χ0) is 10.6. The van der Waals surface area contributed by atoms with Gasteiger partial charge in [-0.1, -0.05) is 0 Å². The fraction of sp³-hybridized carbons (Fsp3) is 0.333. The first-order valence-electron chi connectivity index (χ1n) is 4.19. The molecule has 1 aromatic heterocycles. The average Bonchev–Trinajstić information content (AvgIpc) is 2.12. The lowest BCUT2D eigenvalue weighted by Gasteiger charge is -2.03. The lowest BCUT2D eigenvalue weighted by Crippen LogP contribution is -2.08. The van der Waals surface area contributed by atoms with Gasteiger partial charge in [0.2, 0.25) is 0 Å². The predicted molar refractivity (Wildman–Crippen MR) is 56.7 cm³/mol. The monoisotopic (exact) mass is 258 g/mol. The molecule has 4 nitrogen and oxygen atoms in total. The van der Waals surface area contributed by atoms with E-state index in [9.17, 15) is 4.79 Å². The van der Waals surface area contributed by atoms with Crippen LogP contribution in [0.2, 0.25) is 0 Å². The number of nitrogens with zero attached hydrogens (tertiary/aromatic N) is 1. The van der Waals surface area contributed by atoms with Crippen LogP contribution < -0.4 is 5.73 Å². The summed E-state index contributed by atoms with van der Waals surface area (Å²) in [7, 11) is 0. The molecule has 0 bridgehead atoms. The van der Waals surface area contributed by atoms with Crippen molar-refractivity contribution in [1.82, 2.24) is 4.98 Å². The smallest absolute Gasteiger partial charge is 0.310 e. The Hall–Kier alpha value is -1.10. The van der Waals surface area contributed by atoms with Crippen LogP contribution in [0, 0.1) is 0 Å². The van der Waals surface area contributed by atoms with Gasteiger partial charge in [-0.15, -0.1) is 0 Å². The number of halogens is 1. The summed E-state index contributed by atoms with van der Waals surface area (Å²) in [6.07, 6.45) is 1.79. The van der Waals surface area contributed by atoms with Gasteiger partial charge in [0, 0.05) is 6.20 Å². The maximum Gasteiger partial charge on any atom is 0.310 e. The summed E-state index contributed by atoms with van der Waals surface area (Å²) in [5.74, 6) is 0.156. The van der Waals surface area contributed by atoms with E-state index < -0.39 is 0 Å². The van der Waals surface area contributed by atoms with E-state index in [2.05, 4.69) is 20.9 Å². The largest absolute Gasteiger partial charge is 0.466 e. The SMILES string of the molecule is CCOC(=O)Cc1cnc(N)c(Br)c1. The Morgan fingerprint density at radius 2 is 2.43 bits per heavy atom. The summed E-state index contributed by atoms with van der Waals surface area (Å²) in [5.41, 5.74) is 6.29. The molecule has 0 saturated carbocycles. The molecular formula is C9H11BrN2O2. The van der Waals surface area contributed by atoms with Crippen LogP contribution in [0.5, 0.6) is 0 Å². The third-order valence-corrected chi connectivity index (χ3v) is 2.22. The van der Waals surface area contributed by atoms with E-state index in [1.807, 2.05) is 0 Å². The van der Waals surface area contributed by atoms with Crippen molar-refractivity contribution < 1.29 is 9.53 Å². The van der Waals surface area contributed by atoms with Crippen molar-refractivity contribution in [1.29, 1.82) is 0 Å². The molecule has 5 heteroatoms. The third-order valence-electron chi connectivity index (χ3n) is 1.58. The molecule has 76 valence electrons. The first kappa shape index (κ1) is 11.0. The minimum atomic E-state index is -0.258. The maximum absolute atomic E-state index is 11.1. The molecule has 0 atom stereocenters. The number of rotatable bonds is 3. The molecule has 1 rings (SSSR count). The Morgan fingerprint density at radius 1 is 1.71 bits per heavy atom. The van der Waals surface area contributed by atoms with Crippen LogP contribution in [0.4, 0.5) is 5.82 Å². The van der Waals surface area contributed by atoms with E-state index in [1.165, 1.54) is 0 Å². The topological polar surface area (TPSA) is 65.2 Å². The van der Waals surface area contributed by atoms with Crippen molar-refractivity contribution in [2.75, 3.05) is 12.3 Å². The first-order valence-corrected chi connectivity index (χ1v) is 4.98. The first-order chi connectivity index (χ1) is 6.63. The Bertz CT molecular complexity index is 342. The zero-order valence-corrected chi connectivity index (χ0v) is 9.37. The fourth-order valence-electron chi connectivity index (χ4n) is 0.963. The van der Waals surface area contributed by atoms with E-state index in [-0.39, 0.29) is 12.4 Å². The highest BCUT2D eigenvalue weighted by Crippen LogP contribution is 2.17. The molecule has 2 N–H and O–H groups in total. The molecule has 1 heterocycles. The lowest BCUT2D eigenvalue weighted by molar-refractivity contribution is -0.142. The standard InChI is InChI=1S/C9H11BrN2O2/c1-2-14-8(13)4-6-3-7(10)9(11)12-5-6/h3,5H,2,4H2,1H3,(H2,11,12). The van der Waals surface area contributed by atoms with Crippen LogP contribution in [0.25, 0.3) is 0 Å². The van der Waals surface area contributed by atoms with Crippen LogP contribution in [0.15, 0.2) is 16.7 Å². The van der Waals surface area contributed by atoms with E-state index in [1.54, 1.807) is 19.2 Å². The quantitative estimate of drug-likeness (QED) is 0.836. The predicted octanol–water partition coefficient (Wildman–Crippen LogP) is 1.53. The van der Waals surface area contributed by atoms with Crippen molar-refractivity contribution >= 4 is 27.7 Å². The van der Waals surface area contributed by atoms with Crippen LogP contribution >= 0.6 is 15.9 Å². The summed E-state index contributed by atoms with van der Waals surface area (Å²) in [6.45, 7) is 2.16. The number of anilines is 1. The molecule has 0 amide bonds. The van der Waals surface area contributed by atoms with E-state index in [4.69, 9.17) is 10.5 Å². The maximum atomic E-state index is 11.1. The molecular weight excluding hydrogens is 248 g/mol. The summed E-state index contributed by atoms with van der Waals surface area (Å²) in [6, 6.07) is 1.76. The Balaban J connectivity index is 2.68. The Kier molecular flexibility index (Phi) is 3.88. The van der Waals surface area contributed by atoms with E-state index in [0.717, 1.165) is 5.56 Å². The Morgan fingerprint density at radius 3 is 3.00 bits per heavy atom. The molecule has 0 fully saturated rings. The van der Waals surface area contributed by atoms with Gasteiger partial charge < -0.3 is 10.5 Å². The minimum absolute atomic E-state index is 0.222. The summed E-state index contributed by atoms with van der Waals surface area (Å²) < 4.78 is 5.50. The minimum Gasteiger partial charge on any atom is -0.466 e. The summed E-state index contributed by atoms with van der Waals surface area (Å²) in [5, 5.41) is 0. The zero-order valence-electron chi connectivity index (χ0n) is 7.79. The third kappa shape index (κ3) is 2.99. The summed E-state index contributed by atoms with van der Waals surface area (Å²) in [4.78, 5) is 15.0. The molecule has 0 aromatic carbocycles. The second-order valence-electron chi connectivity index (χ2n) is 2.69. The molecule has 0 saturated heterocycles. The highest BCUT2D eigenvalue weighted by molar-refractivity contribution is 9.10. The van der Waals surface area contributed by atoms with Gasteiger partial charge in [0.15, 0.2) is 0 Å². The van der Waals surface area contributed by atoms with Crippen molar-refractivity contribution in [3.63, 3.8) is 0 Å². The van der Waals surface area contributed by atoms with Crippen LogP contribution in [-0.2, 0) is 16.0 Å². The fourth-order valence-corrected chi connectivity index (χ4v) is 1.36. The number of esters is 1. The van der Waals surface area contributed by atoms with Gasteiger partial charge in [-0.05, 0) is 34.5 Å². The number of nitrogen functional groups attached to an aromatic ring is 1. The number of hydrogen-bond acceptors (Lipinski definition) is 4. The molecule has 0 aliphatic heterocycles. The van der Waals surface area contributed by atoms with Gasteiger partial charge in [-0.25, -0.2) is 4.98 Å². The second kappa shape index (κ2) is 4.95. The van der Waals surface area contributed by atoms with Crippen molar-refractivity contribution in [2.45, 2.75) is 13.3 Å². The summed E-state index contributed by atoms with van der Waals surface area (Å²) >= 11 is 3.24. The van der Waals surface area contributed by atoms with Crippen LogP contribution in [0.1, 0.15) is 12.5 Å². The molecule has 0 unspecified atom stereocenters. The van der Waals surface area contributed by atoms with Crippen molar-refractivity contribution in [3.05, 3.63) is 22.3 Å². The van der Waals surface area contributed by atoms with Gasteiger partial charge in [0.05, 0.1) is 17.5 Å². The number of pyridine rings is 1. The van der Waals surface area contributed by atoms with E-state index >= 15 is 0 Å². The average molecular weight is 259 g/mol. The van der Waals surface area contributed by atoms with Crippen LogP contribution in [0.3, 0.4) is 0 Å². The van der Waals surface area contributed by atoms with Crippen molar-refractivity contribution in [2.24, 2.45) is 0 Å². The molecule has 0 radical (unpaired) electrons. The van der Waals surface area contributed by atoms with Crippen molar-refractivity contribution in [3.8, 4) is 0 Å². The number of nitrogens with two attached hydrogens (primary N) is 1. The van der Waals surface area contributed by atoms with E-state index in [0.29, 0.717) is 16.9 Å². The second-order valence-corrected chi connectivity index (χ2v) is 3.55.